The Balaban J connectivity index is 2.88. The maximum absolute atomic E-state index is 11.7. The zero-order valence-corrected chi connectivity index (χ0v) is 11.6. The van der Waals surface area contributed by atoms with Crippen LogP contribution in [-0.2, 0) is 10.0 Å². The summed E-state index contributed by atoms with van der Waals surface area (Å²) < 4.78 is 26.5. The summed E-state index contributed by atoms with van der Waals surface area (Å²) in [7, 11) is -3.29. The first-order valence-corrected chi connectivity index (χ1v) is 7.30. The molecule has 0 unspecified atom stereocenters. The fourth-order valence-electron chi connectivity index (χ4n) is 1.26. The van der Waals surface area contributed by atoms with Crippen LogP contribution in [0.25, 0.3) is 0 Å². The minimum absolute atomic E-state index is 0.0880. The normalized spacial score (nSPS) is 11.8. The molecule has 0 spiro atoms. The maximum Gasteiger partial charge on any atom is 0.233 e. The van der Waals surface area contributed by atoms with Crippen LogP contribution >= 0.6 is 15.9 Å². The van der Waals surface area contributed by atoms with Crippen LogP contribution in [-0.4, -0.2) is 14.2 Å². The number of hydrogen-bond donors (Lipinski definition) is 2. The van der Waals surface area contributed by atoms with Gasteiger partial charge in [0, 0.05) is 10.2 Å². The molecule has 1 aromatic rings. The number of hydrogen-bond acceptors (Lipinski definition) is 3. The molecule has 4 nitrogen and oxygen atoms in total. The van der Waals surface area contributed by atoms with Crippen molar-refractivity contribution in [3.05, 3.63) is 22.7 Å². The lowest BCUT2D eigenvalue weighted by Crippen LogP contribution is -2.20. The second-order valence-corrected chi connectivity index (χ2v) is 6.64. The summed E-state index contributed by atoms with van der Waals surface area (Å²) in [6, 6.07) is 4.95. The second-order valence-electron chi connectivity index (χ2n) is 4.02. The van der Waals surface area contributed by atoms with Gasteiger partial charge in [0.25, 0.3) is 0 Å². The molecule has 0 amide bonds. The molecule has 0 radical (unpaired) electrons. The topological polar surface area (TPSA) is 72.2 Å². The molecule has 1 aromatic carbocycles. The molecular weight excluding hydrogens is 292 g/mol. The van der Waals surface area contributed by atoms with Gasteiger partial charge in [-0.2, -0.15) is 0 Å². The number of nitrogens with one attached hydrogen (secondary N) is 1. The molecule has 6 heteroatoms. The van der Waals surface area contributed by atoms with E-state index >= 15 is 0 Å². The second kappa shape index (κ2) is 5.05. The molecular formula is C10H15BrN2O2S. The van der Waals surface area contributed by atoms with Crippen LogP contribution in [0.1, 0.15) is 13.8 Å². The smallest absolute Gasteiger partial charge is 0.233 e. The van der Waals surface area contributed by atoms with E-state index in [1.54, 1.807) is 18.2 Å². The molecule has 0 heterocycles. The van der Waals surface area contributed by atoms with E-state index in [1.807, 2.05) is 13.8 Å². The summed E-state index contributed by atoms with van der Waals surface area (Å²) in [4.78, 5) is 0. The van der Waals surface area contributed by atoms with Crippen molar-refractivity contribution in [2.24, 2.45) is 5.92 Å². The molecule has 0 atom stereocenters. The van der Waals surface area contributed by atoms with E-state index in [0.717, 1.165) is 0 Å². The fourth-order valence-corrected chi connectivity index (χ4v) is 3.36. The summed E-state index contributed by atoms with van der Waals surface area (Å²) >= 11 is 3.26. The number of benzene rings is 1. The lowest BCUT2D eigenvalue weighted by atomic mass is 10.3. The Labute approximate surface area is 104 Å². The standard InChI is InChI=1S/C10H15BrN2O2S/c1-7(2)6-16(14,15)13-10-4-3-8(12)5-9(10)11/h3-5,7,13H,6,12H2,1-2H3. The minimum atomic E-state index is -3.29. The van der Waals surface area contributed by atoms with Crippen LogP contribution in [0, 0.1) is 5.92 Å². The summed E-state index contributed by atoms with van der Waals surface area (Å²) in [5.41, 5.74) is 6.66. The molecule has 0 aliphatic rings. The van der Waals surface area contributed by atoms with Gasteiger partial charge in [0.05, 0.1) is 11.4 Å². The highest BCUT2D eigenvalue weighted by atomic mass is 79.9. The van der Waals surface area contributed by atoms with Crippen LogP contribution in [0.4, 0.5) is 11.4 Å². The third kappa shape index (κ3) is 4.02. The Bertz CT molecular complexity index is 472. The first kappa shape index (κ1) is 13.3. The molecule has 0 fully saturated rings. The summed E-state index contributed by atoms with van der Waals surface area (Å²) in [6.45, 7) is 3.72. The van der Waals surface area contributed by atoms with Crippen LogP contribution in [0.2, 0.25) is 0 Å². The van der Waals surface area contributed by atoms with Gasteiger partial charge in [0.1, 0.15) is 0 Å². The first-order valence-electron chi connectivity index (χ1n) is 4.85. The lowest BCUT2D eigenvalue weighted by Gasteiger charge is -2.11. The number of anilines is 2. The highest BCUT2D eigenvalue weighted by molar-refractivity contribution is 9.10. The van der Waals surface area contributed by atoms with E-state index in [1.165, 1.54) is 0 Å². The Kier molecular flexibility index (Phi) is 4.21. The molecule has 0 saturated heterocycles. The average molecular weight is 307 g/mol. The monoisotopic (exact) mass is 306 g/mol. The maximum atomic E-state index is 11.7. The Morgan fingerprint density at radius 2 is 2.06 bits per heavy atom. The number of nitrogen functional groups attached to an aromatic ring is 1. The summed E-state index contributed by atoms with van der Waals surface area (Å²) in [5, 5.41) is 0. The molecule has 90 valence electrons. The number of sulfonamides is 1. The summed E-state index contributed by atoms with van der Waals surface area (Å²) in [5.74, 6) is 0.189. The Morgan fingerprint density at radius 3 is 2.56 bits per heavy atom. The third-order valence-electron chi connectivity index (χ3n) is 1.81. The number of halogens is 1. The van der Waals surface area contributed by atoms with Crippen molar-refractivity contribution >= 4 is 37.3 Å². The summed E-state index contributed by atoms with van der Waals surface area (Å²) in [6.07, 6.45) is 0. The number of nitrogens with two attached hydrogens (primary N) is 1. The highest BCUT2D eigenvalue weighted by Gasteiger charge is 2.14. The molecule has 0 saturated carbocycles. The van der Waals surface area contributed by atoms with Gasteiger partial charge in [-0.3, -0.25) is 4.72 Å². The van der Waals surface area contributed by atoms with E-state index < -0.39 is 10.0 Å². The van der Waals surface area contributed by atoms with Gasteiger partial charge in [-0.1, -0.05) is 13.8 Å². The van der Waals surface area contributed by atoms with Crippen molar-refractivity contribution in [3.8, 4) is 0 Å². The van der Waals surface area contributed by atoms with E-state index in [9.17, 15) is 8.42 Å². The van der Waals surface area contributed by atoms with Gasteiger partial charge < -0.3 is 5.73 Å². The van der Waals surface area contributed by atoms with Crippen LogP contribution in [0.5, 0.6) is 0 Å². The highest BCUT2D eigenvalue weighted by Crippen LogP contribution is 2.25. The van der Waals surface area contributed by atoms with E-state index in [4.69, 9.17) is 5.73 Å². The predicted molar refractivity (Wildman–Crippen MR) is 70.8 cm³/mol. The van der Waals surface area contributed by atoms with Gasteiger partial charge in [-0.25, -0.2) is 8.42 Å². The van der Waals surface area contributed by atoms with E-state index in [-0.39, 0.29) is 11.7 Å². The van der Waals surface area contributed by atoms with Gasteiger partial charge in [-0.15, -0.1) is 0 Å². The zero-order valence-electron chi connectivity index (χ0n) is 9.20. The minimum Gasteiger partial charge on any atom is -0.399 e. The average Bonchev–Trinajstić information content (AvgIpc) is 2.07. The van der Waals surface area contributed by atoms with Crippen molar-refractivity contribution in [1.29, 1.82) is 0 Å². The predicted octanol–water partition coefficient (Wildman–Crippen LogP) is 2.43. The first-order chi connectivity index (χ1) is 7.30. The van der Waals surface area contributed by atoms with Crippen molar-refractivity contribution in [2.75, 3.05) is 16.2 Å². The molecule has 16 heavy (non-hydrogen) atoms. The van der Waals surface area contributed by atoms with Crippen LogP contribution in [0.3, 0.4) is 0 Å². The largest absolute Gasteiger partial charge is 0.399 e. The van der Waals surface area contributed by atoms with Crippen LogP contribution in [0.15, 0.2) is 22.7 Å². The van der Waals surface area contributed by atoms with Gasteiger partial charge in [0.2, 0.25) is 10.0 Å². The lowest BCUT2D eigenvalue weighted by molar-refractivity contribution is 0.587. The molecule has 0 bridgehead atoms. The molecule has 0 aromatic heterocycles. The Morgan fingerprint density at radius 1 is 1.44 bits per heavy atom. The quantitative estimate of drug-likeness (QED) is 0.839. The number of rotatable bonds is 4. The molecule has 0 aliphatic carbocycles. The van der Waals surface area contributed by atoms with Crippen molar-refractivity contribution in [2.45, 2.75) is 13.8 Å². The van der Waals surface area contributed by atoms with Crippen molar-refractivity contribution in [1.82, 2.24) is 0 Å². The van der Waals surface area contributed by atoms with Gasteiger partial charge in [0.15, 0.2) is 0 Å². The van der Waals surface area contributed by atoms with Crippen molar-refractivity contribution in [3.63, 3.8) is 0 Å². The van der Waals surface area contributed by atoms with E-state index in [0.29, 0.717) is 15.8 Å². The SMILES string of the molecule is CC(C)CS(=O)(=O)Nc1ccc(N)cc1Br. The van der Waals surface area contributed by atoms with Crippen LogP contribution < -0.4 is 10.5 Å². The third-order valence-corrected chi connectivity index (χ3v) is 4.10. The van der Waals surface area contributed by atoms with E-state index in [2.05, 4.69) is 20.7 Å². The van der Waals surface area contributed by atoms with Crippen molar-refractivity contribution < 1.29 is 8.42 Å². The molecule has 1 rings (SSSR count). The molecule has 0 aliphatic heterocycles. The van der Waals surface area contributed by atoms with Gasteiger partial charge in [-0.05, 0) is 40.0 Å². The Hall–Kier alpha value is -0.750. The molecule has 3 N–H and O–H groups in total. The fraction of sp³-hybridized carbons (Fsp3) is 0.400. The van der Waals surface area contributed by atoms with Gasteiger partial charge >= 0.3 is 0 Å². The zero-order chi connectivity index (χ0) is 12.3.